The van der Waals surface area contributed by atoms with Crippen LogP contribution in [0.5, 0.6) is 0 Å². The van der Waals surface area contributed by atoms with E-state index >= 15 is 0 Å². The number of benzene rings is 1. The van der Waals surface area contributed by atoms with Crippen molar-refractivity contribution in [1.82, 2.24) is 0 Å². The molecule has 1 fully saturated rings. The maximum absolute atomic E-state index is 10.6. The highest BCUT2D eigenvalue weighted by Crippen LogP contribution is 2.26. The number of carboxylic acids is 1. The Morgan fingerprint density at radius 3 is 2.50 bits per heavy atom. The Morgan fingerprint density at radius 2 is 2.06 bits per heavy atom. The van der Waals surface area contributed by atoms with Gasteiger partial charge in [0.15, 0.2) is 0 Å². The van der Waals surface area contributed by atoms with Crippen molar-refractivity contribution in [2.75, 3.05) is 13.2 Å². The highest BCUT2D eigenvalue weighted by molar-refractivity contribution is 5.67. The van der Waals surface area contributed by atoms with Gasteiger partial charge in [-0.2, -0.15) is 0 Å². The monoisotopic (exact) mass is 220 g/mol. The molecule has 0 saturated carbocycles. The SMILES string of the molecule is CC(CC(=O)O)c1ccc(C2COC2)cc1. The Kier molecular flexibility index (Phi) is 3.25. The standard InChI is InChI=1S/C13H16O3/c1-9(6-13(14)15)10-2-4-11(5-3-10)12-7-16-8-12/h2-5,9,12H,6-8H2,1H3,(H,14,15). The van der Waals surface area contributed by atoms with Crippen molar-refractivity contribution in [3.8, 4) is 0 Å². The predicted molar refractivity (Wildman–Crippen MR) is 60.7 cm³/mol. The molecule has 3 nitrogen and oxygen atoms in total. The zero-order valence-corrected chi connectivity index (χ0v) is 9.35. The van der Waals surface area contributed by atoms with E-state index in [4.69, 9.17) is 9.84 Å². The van der Waals surface area contributed by atoms with E-state index < -0.39 is 5.97 Å². The predicted octanol–water partition coefficient (Wildman–Crippen LogP) is 2.38. The van der Waals surface area contributed by atoms with E-state index in [0.29, 0.717) is 5.92 Å². The van der Waals surface area contributed by atoms with Gasteiger partial charge in [-0.15, -0.1) is 0 Å². The molecule has 1 heterocycles. The molecule has 1 N–H and O–H groups in total. The number of aliphatic carboxylic acids is 1. The Morgan fingerprint density at radius 1 is 1.44 bits per heavy atom. The third-order valence-corrected chi connectivity index (χ3v) is 3.10. The van der Waals surface area contributed by atoms with Crippen molar-refractivity contribution in [2.45, 2.75) is 25.2 Å². The molecule has 1 saturated heterocycles. The maximum Gasteiger partial charge on any atom is 0.303 e. The second kappa shape index (κ2) is 4.66. The van der Waals surface area contributed by atoms with E-state index in [2.05, 4.69) is 12.1 Å². The third kappa shape index (κ3) is 2.42. The van der Waals surface area contributed by atoms with Crippen LogP contribution in [0.25, 0.3) is 0 Å². The van der Waals surface area contributed by atoms with Crippen molar-refractivity contribution >= 4 is 5.97 Å². The molecule has 86 valence electrons. The summed E-state index contributed by atoms with van der Waals surface area (Å²) in [4.78, 5) is 10.6. The summed E-state index contributed by atoms with van der Waals surface area (Å²) in [5, 5.41) is 8.72. The molecule has 0 aromatic heterocycles. The third-order valence-electron chi connectivity index (χ3n) is 3.10. The molecule has 2 rings (SSSR count). The summed E-state index contributed by atoms with van der Waals surface area (Å²) in [6, 6.07) is 8.23. The van der Waals surface area contributed by atoms with E-state index in [1.807, 2.05) is 19.1 Å². The average molecular weight is 220 g/mol. The van der Waals surface area contributed by atoms with Gasteiger partial charge in [0, 0.05) is 5.92 Å². The largest absolute Gasteiger partial charge is 0.481 e. The van der Waals surface area contributed by atoms with Crippen LogP contribution >= 0.6 is 0 Å². The highest BCUT2D eigenvalue weighted by atomic mass is 16.5. The van der Waals surface area contributed by atoms with Gasteiger partial charge in [-0.1, -0.05) is 31.2 Å². The molecular weight excluding hydrogens is 204 g/mol. The van der Waals surface area contributed by atoms with Crippen molar-refractivity contribution in [2.24, 2.45) is 0 Å². The minimum atomic E-state index is -0.746. The Bertz CT molecular complexity index is 365. The summed E-state index contributed by atoms with van der Waals surface area (Å²) in [7, 11) is 0. The first-order valence-corrected chi connectivity index (χ1v) is 5.56. The zero-order valence-electron chi connectivity index (χ0n) is 9.35. The lowest BCUT2D eigenvalue weighted by atomic mass is 9.92. The highest BCUT2D eigenvalue weighted by Gasteiger charge is 2.20. The molecule has 1 aromatic carbocycles. The van der Waals surface area contributed by atoms with Crippen LogP contribution in [-0.2, 0) is 9.53 Å². The molecule has 3 heteroatoms. The molecule has 1 aliphatic rings. The fourth-order valence-corrected chi connectivity index (χ4v) is 1.90. The molecule has 0 spiro atoms. The topological polar surface area (TPSA) is 46.5 Å². The lowest BCUT2D eigenvalue weighted by Gasteiger charge is -2.26. The fraction of sp³-hybridized carbons (Fsp3) is 0.462. The van der Waals surface area contributed by atoms with Gasteiger partial charge in [0.1, 0.15) is 0 Å². The van der Waals surface area contributed by atoms with E-state index in [1.54, 1.807) is 0 Å². The molecule has 16 heavy (non-hydrogen) atoms. The summed E-state index contributed by atoms with van der Waals surface area (Å²) in [6.45, 7) is 3.56. The minimum absolute atomic E-state index is 0.0733. The van der Waals surface area contributed by atoms with Gasteiger partial charge in [0.05, 0.1) is 19.6 Å². The van der Waals surface area contributed by atoms with Gasteiger partial charge in [-0.3, -0.25) is 4.79 Å². The number of carbonyl (C=O) groups is 1. The van der Waals surface area contributed by atoms with E-state index in [0.717, 1.165) is 18.8 Å². The maximum atomic E-state index is 10.6. The van der Waals surface area contributed by atoms with Crippen LogP contribution in [0.15, 0.2) is 24.3 Å². The van der Waals surface area contributed by atoms with Crippen molar-refractivity contribution in [1.29, 1.82) is 0 Å². The van der Waals surface area contributed by atoms with E-state index in [-0.39, 0.29) is 12.3 Å². The molecule has 1 unspecified atom stereocenters. The van der Waals surface area contributed by atoms with E-state index in [9.17, 15) is 4.79 Å². The molecule has 1 atom stereocenters. The smallest absolute Gasteiger partial charge is 0.303 e. The average Bonchev–Trinajstić information content (AvgIpc) is 2.15. The Balaban J connectivity index is 2.03. The number of ether oxygens (including phenoxy) is 1. The quantitative estimate of drug-likeness (QED) is 0.847. The summed E-state index contributed by atoms with van der Waals surface area (Å²) in [5.41, 5.74) is 2.38. The second-order valence-corrected chi connectivity index (χ2v) is 4.40. The Hall–Kier alpha value is -1.35. The summed E-state index contributed by atoms with van der Waals surface area (Å²) >= 11 is 0. The summed E-state index contributed by atoms with van der Waals surface area (Å²) in [5.74, 6) is -0.142. The van der Waals surface area contributed by atoms with Crippen molar-refractivity contribution in [3.63, 3.8) is 0 Å². The van der Waals surface area contributed by atoms with Crippen LogP contribution in [0, 0.1) is 0 Å². The molecule has 0 radical (unpaired) electrons. The lowest BCUT2D eigenvalue weighted by Crippen LogP contribution is -2.24. The first-order valence-electron chi connectivity index (χ1n) is 5.56. The van der Waals surface area contributed by atoms with Gasteiger partial charge in [-0.25, -0.2) is 0 Å². The normalized spacial score (nSPS) is 17.8. The number of carboxylic acid groups (broad SMARTS) is 1. The number of rotatable bonds is 4. The lowest BCUT2D eigenvalue weighted by molar-refractivity contribution is -0.137. The molecule has 1 aliphatic heterocycles. The summed E-state index contributed by atoms with van der Waals surface area (Å²) in [6.07, 6.45) is 0.186. The van der Waals surface area contributed by atoms with Crippen LogP contribution in [0.2, 0.25) is 0 Å². The molecule has 0 aliphatic carbocycles. The minimum Gasteiger partial charge on any atom is -0.481 e. The van der Waals surface area contributed by atoms with Crippen molar-refractivity contribution < 1.29 is 14.6 Å². The van der Waals surface area contributed by atoms with Gasteiger partial charge >= 0.3 is 5.97 Å². The van der Waals surface area contributed by atoms with Crippen LogP contribution in [0.1, 0.15) is 36.3 Å². The van der Waals surface area contributed by atoms with Gasteiger partial charge < -0.3 is 9.84 Å². The zero-order chi connectivity index (χ0) is 11.5. The van der Waals surface area contributed by atoms with Crippen molar-refractivity contribution in [3.05, 3.63) is 35.4 Å². The number of hydrogen-bond donors (Lipinski definition) is 1. The van der Waals surface area contributed by atoms with E-state index in [1.165, 1.54) is 5.56 Å². The first-order chi connectivity index (χ1) is 7.66. The Labute approximate surface area is 95.0 Å². The second-order valence-electron chi connectivity index (χ2n) is 4.40. The first kappa shape index (κ1) is 11.1. The molecule has 0 amide bonds. The molecular formula is C13H16O3. The van der Waals surface area contributed by atoms with Gasteiger partial charge in [-0.05, 0) is 17.0 Å². The fourth-order valence-electron chi connectivity index (χ4n) is 1.90. The van der Waals surface area contributed by atoms with Crippen LogP contribution < -0.4 is 0 Å². The molecule has 1 aromatic rings. The van der Waals surface area contributed by atoms with Gasteiger partial charge in [0.2, 0.25) is 0 Å². The summed E-state index contributed by atoms with van der Waals surface area (Å²) < 4.78 is 5.14. The molecule has 0 bridgehead atoms. The number of hydrogen-bond acceptors (Lipinski definition) is 2. The van der Waals surface area contributed by atoms with Crippen LogP contribution in [0.4, 0.5) is 0 Å². The van der Waals surface area contributed by atoms with Gasteiger partial charge in [0.25, 0.3) is 0 Å². The van der Waals surface area contributed by atoms with Crippen LogP contribution in [0.3, 0.4) is 0 Å². The van der Waals surface area contributed by atoms with Crippen LogP contribution in [-0.4, -0.2) is 24.3 Å².